The lowest BCUT2D eigenvalue weighted by Gasteiger charge is -2.16. The molecule has 3 amide bonds. The summed E-state index contributed by atoms with van der Waals surface area (Å²) in [6.07, 6.45) is 1.51. The van der Waals surface area contributed by atoms with Crippen molar-refractivity contribution in [2.24, 2.45) is 0 Å². The summed E-state index contributed by atoms with van der Waals surface area (Å²) in [5.74, 6) is 0.785. The Kier molecular flexibility index (Phi) is 7.33. The summed E-state index contributed by atoms with van der Waals surface area (Å²) in [7, 11) is 1.54. The van der Waals surface area contributed by atoms with Crippen molar-refractivity contribution in [2.45, 2.75) is 13.0 Å². The number of carbonyl (C=O) groups is 2. The van der Waals surface area contributed by atoms with Crippen LogP contribution >= 0.6 is 23.2 Å². The Morgan fingerprint density at radius 2 is 1.74 bits per heavy atom. The lowest BCUT2D eigenvalue weighted by atomic mass is 10.1. The average molecular weight is 459 g/mol. The molecule has 9 heteroatoms. The molecule has 3 N–H and O–H groups in total. The molecule has 2 aromatic carbocycles. The number of nitrogens with one attached hydrogen (secondary N) is 3. The molecule has 1 unspecified atom stereocenters. The SMILES string of the molecule is CNC(=O)c1cc(Oc2ccc(C(C)NC(=O)Nc3ccc(Cl)cc3Cl)cc2)ccn1. The third kappa shape index (κ3) is 6.10. The normalized spacial score (nSPS) is 11.4. The van der Waals surface area contributed by atoms with E-state index in [1.54, 1.807) is 42.5 Å². The number of ether oxygens (including phenoxy) is 1. The fourth-order valence-electron chi connectivity index (χ4n) is 2.72. The van der Waals surface area contributed by atoms with Crippen molar-refractivity contribution in [1.82, 2.24) is 15.6 Å². The summed E-state index contributed by atoms with van der Waals surface area (Å²) in [4.78, 5) is 28.0. The van der Waals surface area contributed by atoms with Crippen molar-refractivity contribution in [1.29, 1.82) is 0 Å². The third-order valence-electron chi connectivity index (χ3n) is 4.33. The summed E-state index contributed by atoms with van der Waals surface area (Å²) in [6.45, 7) is 1.86. The van der Waals surface area contributed by atoms with E-state index in [2.05, 4.69) is 20.9 Å². The molecule has 1 aromatic heterocycles. The van der Waals surface area contributed by atoms with Gasteiger partial charge in [0.25, 0.3) is 5.91 Å². The smallest absolute Gasteiger partial charge is 0.319 e. The van der Waals surface area contributed by atoms with Crippen molar-refractivity contribution < 1.29 is 14.3 Å². The number of benzene rings is 2. The molecule has 160 valence electrons. The van der Waals surface area contributed by atoms with Crippen LogP contribution in [-0.4, -0.2) is 24.0 Å². The minimum atomic E-state index is -0.393. The molecule has 1 atom stereocenters. The third-order valence-corrected chi connectivity index (χ3v) is 4.88. The molecule has 0 aliphatic rings. The van der Waals surface area contributed by atoms with Crippen LogP contribution in [0.1, 0.15) is 29.0 Å². The summed E-state index contributed by atoms with van der Waals surface area (Å²) in [5, 5.41) is 8.91. The number of carbonyl (C=O) groups excluding carboxylic acids is 2. The van der Waals surface area contributed by atoms with Crippen molar-refractivity contribution in [3.05, 3.63) is 82.1 Å². The van der Waals surface area contributed by atoms with Gasteiger partial charge in [-0.2, -0.15) is 0 Å². The number of amides is 3. The van der Waals surface area contributed by atoms with E-state index in [4.69, 9.17) is 27.9 Å². The van der Waals surface area contributed by atoms with Gasteiger partial charge < -0.3 is 20.7 Å². The number of nitrogens with zero attached hydrogens (tertiary/aromatic N) is 1. The lowest BCUT2D eigenvalue weighted by Crippen LogP contribution is -2.31. The first kappa shape index (κ1) is 22.4. The van der Waals surface area contributed by atoms with Gasteiger partial charge in [0.05, 0.1) is 16.8 Å². The number of pyridine rings is 1. The second-order valence-electron chi connectivity index (χ2n) is 6.57. The Labute approximate surface area is 189 Å². The zero-order chi connectivity index (χ0) is 22.4. The molecule has 0 fully saturated rings. The number of rotatable bonds is 6. The first-order valence-corrected chi connectivity index (χ1v) is 10.1. The lowest BCUT2D eigenvalue weighted by molar-refractivity contribution is 0.0958. The van der Waals surface area contributed by atoms with Crippen LogP contribution in [0.2, 0.25) is 10.0 Å². The van der Waals surface area contributed by atoms with Crippen LogP contribution in [0, 0.1) is 0 Å². The standard InChI is InChI=1S/C22H20Cl2N4O3/c1-13(27-22(30)28-19-8-5-15(23)11-18(19)24)14-3-6-16(7-4-14)31-17-9-10-26-20(12-17)21(29)25-2/h3-13H,1-2H3,(H,25,29)(H2,27,28,30). The number of urea groups is 1. The van der Waals surface area contributed by atoms with Crippen LogP contribution in [0.3, 0.4) is 0 Å². The molecule has 0 spiro atoms. The van der Waals surface area contributed by atoms with Crippen LogP contribution in [0.4, 0.5) is 10.5 Å². The molecule has 0 bridgehead atoms. The fourth-order valence-corrected chi connectivity index (χ4v) is 3.17. The van der Waals surface area contributed by atoms with Gasteiger partial charge in [0.2, 0.25) is 0 Å². The van der Waals surface area contributed by atoms with E-state index in [0.29, 0.717) is 27.2 Å². The van der Waals surface area contributed by atoms with E-state index in [9.17, 15) is 9.59 Å². The Balaban J connectivity index is 1.60. The van der Waals surface area contributed by atoms with Gasteiger partial charge in [0.1, 0.15) is 17.2 Å². The van der Waals surface area contributed by atoms with Gasteiger partial charge in [-0.25, -0.2) is 4.79 Å². The second-order valence-corrected chi connectivity index (χ2v) is 7.41. The highest BCUT2D eigenvalue weighted by molar-refractivity contribution is 6.36. The molecule has 3 aromatic rings. The minimum Gasteiger partial charge on any atom is -0.457 e. The predicted octanol–water partition coefficient (Wildman–Crippen LogP) is 5.42. The van der Waals surface area contributed by atoms with Gasteiger partial charge in [0.15, 0.2) is 0 Å². The largest absolute Gasteiger partial charge is 0.457 e. The Morgan fingerprint density at radius 1 is 1.00 bits per heavy atom. The average Bonchev–Trinajstić information content (AvgIpc) is 2.75. The number of hydrogen-bond acceptors (Lipinski definition) is 4. The highest BCUT2D eigenvalue weighted by Gasteiger charge is 2.12. The van der Waals surface area contributed by atoms with Crippen molar-refractivity contribution >= 4 is 40.8 Å². The molecule has 0 saturated heterocycles. The molecule has 0 radical (unpaired) electrons. The number of hydrogen-bond donors (Lipinski definition) is 3. The van der Waals surface area contributed by atoms with Crippen molar-refractivity contribution in [2.75, 3.05) is 12.4 Å². The highest BCUT2D eigenvalue weighted by atomic mass is 35.5. The summed E-state index contributed by atoms with van der Waals surface area (Å²) in [6, 6.07) is 14.6. The topological polar surface area (TPSA) is 92.4 Å². The highest BCUT2D eigenvalue weighted by Crippen LogP contribution is 2.26. The van der Waals surface area contributed by atoms with E-state index in [0.717, 1.165) is 5.56 Å². The molecular weight excluding hydrogens is 439 g/mol. The number of anilines is 1. The van der Waals surface area contributed by atoms with E-state index >= 15 is 0 Å². The minimum absolute atomic E-state index is 0.263. The molecule has 7 nitrogen and oxygen atoms in total. The Morgan fingerprint density at radius 3 is 2.42 bits per heavy atom. The Hall–Kier alpha value is -3.29. The molecule has 0 aliphatic carbocycles. The van der Waals surface area contributed by atoms with Gasteiger partial charge in [-0.3, -0.25) is 9.78 Å². The monoisotopic (exact) mass is 458 g/mol. The molecule has 31 heavy (non-hydrogen) atoms. The molecule has 0 saturated carbocycles. The van der Waals surface area contributed by atoms with Gasteiger partial charge in [0, 0.05) is 24.3 Å². The maximum absolute atomic E-state index is 12.3. The first-order valence-electron chi connectivity index (χ1n) is 9.34. The van der Waals surface area contributed by atoms with Crippen molar-refractivity contribution in [3.63, 3.8) is 0 Å². The van der Waals surface area contributed by atoms with Gasteiger partial charge in [-0.1, -0.05) is 35.3 Å². The maximum Gasteiger partial charge on any atom is 0.319 e. The van der Waals surface area contributed by atoms with E-state index in [1.165, 1.54) is 13.2 Å². The van der Waals surface area contributed by atoms with Crippen molar-refractivity contribution in [3.8, 4) is 11.5 Å². The van der Waals surface area contributed by atoms with E-state index in [1.807, 2.05) is 19.1 Å². The summed E-state index contributed by atoms with van der Waals surface area (Å²) >= 11 is 11.9. The first-order chi connectivity index (χ1) is 14.9. The van der Waals surface area contributed by atoms with Gasteiger partial charge in [-0.05, 0) is 48.9 Å². The molecule has 1 heterocycles. The van der Waals surface area contributed by atoms with Crippen LogP contribution < -0.4 is 20.7 Å². The van der Waals surface area contributed by atoms with Crippen LogP contribution in [0.25, 0.3) is 0 Å². The zero-order valence-corrected chi connectivity index (χ0v) is 18.3. The zero-order valence-electron chi connectivity index (χ0n) is 16.8. The molecular formula is C22H20Cl2N4O3. The van der Waals surface area contributed by atoms with Gasteiger partial charge >= 0.3 is 6.03 Å². The predicted molar refractivity (Wildman–Crippen MR) is 121 cm³/mol. The quantitative estimate of drug-likeness (QED) is 0.459. The molecule has 3 rings (SSSR count). The Bertz CT molecular complexity index is 1090. The second kappa shape index (κ2) is 10.1. The summed E-state index contributed by atoms with van der Waals surface area (Å²) < 4.78 is 5.79. The van der Waals surface area contributed by atoms with Crippen LogP contribution in [0.5, 0.6) is 11.5 Å². The number of aromatic nitrogens is 1. The molecule has 0 aliphatic heterocycles. The van der Waals surface area contributed by atoms with Crippen LogP contribution in [-0.2, 0) is 0 Å². The maximum atomic E-state index is 12.3. The summed E-state index contributed by atoms with van der Waals surface area (Å²) in [5.41, 5.74) is 1.61. The van der Waals surface area contributed by atoms with Crippen LogP contribution in [0.15, 0.2) is 60.8 Å². The van der Waals surface area contributed by atoms with E-state index in [-0.39, 0.29) is 17.6 Å². The fraction of sp³-hybridized carbons (Fsp3) is 0.136. The number of halogens is 2. The van der Waals surface area contributed by atoms with Gasteiger partial charge in [-0.15, -0.1) is 0 Å². The van der Waals surface area contributed by atoms with E-state index < -0.39 is 6.03 Å².